The highest BCUT2D eigenvalue weighted by Crippen LogP contribution is 2.33. The van der Waals surface area contributed by atoms with Gasteiger partial charge in [0.15, 0.2) is 11.4 Å². The van der Waals surface area contributed by atoms with Gasteiger partial charge < -0.3 is 9.73 Å². The van der Waals surface area contributed by atoms with Gasteiger partial charge in [-0.3, -0.25) is 9.48 Å². The summed E-state index contributed by atoms with van der Waals surface area (Å²) >= 11 is 6.29. The molecule has 0 saturated carbocycles. The van der Waals surface area contributed by atoms with E-state index in [1.807, 2.05) is 31.2 Å². The highest BCUT2D eigenvalue weighted by atomic mass is 35.5. The van der Waals surface area contributed by atoms with Gasteiger partial charge in [-0.15, -0.1) is 0 Å². The molecule has 0 fully saturated rings. The fourth-order valence-electron chi connectivity index (χ4n) is 4.35. The highest BCUT2D eigenvalue weighted by Gasteiger charge is 2.23. The molecule has 0 atom stereocenters. The van der Waals surface area contributed by atoms with Gasteiger partial charge in [-0.2, -0.15) is 10.2 Å². The van der Waals surface area contributed by atoms with Gasteiger partial charge in [0.1, 0.15) is 12.2 Å². The summed E-state index contributed by atoms with van der Waals surface area (Å²) in [7, 11) is 0. The van der Waals surface area contributed by atoms with E-state index in [9.17, 15) is 13.6 Å². The van der Waals surface area contributed by atoms with Crippen molar-refractivity contribution in [3.8, 4) is 11.5 Å². The minimum Gasteiger partial charge on any atom is -0.463 e. The van der Waals surface area contributed by atoms with Crippen molar-refractivity contribution in [2.75, 3.05) is 5.32 Å². The molecule has 0 aliphatic heterocycles. The number of halogens is 3. The molecule has 0 aliphatic carbocycles. The number of pyridine rings is 1. The fourth-order valence-corrected chi connectivity index (χ4v) is 4.55. The molecule has 190 valence electrons. The molecule has 1 aromatic carbocycles. The van der Waals surface area contributed by atoms with Crippen LogP contribution in [-0.4, -0.2) is 30.5 Å². The Morgan fingerprint density at radius 1 is 1.08 bits per heavy atom. The predicted octanol–water partition coefficient (Wildman–Crippen LogP) is 6.09. The number of carbonyl (C=O) groups excluding carboxylic acids is 1. The lowest BCUT2D eigenvalue weighted by Gasteiger charge is -2.09. The van der Waals surface area contributed by atoms with Crippen molar-refractivity contribution in [2.24, 2.45) is 0 Å². The van der Waals surface area contributed by atoms with E-state index < -0.39 is 12.3 Å². The van der Waals surface area contributed by atoms with Gasteiger partial charge in [-0.1, -0.05) is 29.8 Å². The Morgan fingerprint density at radius 3 is 2.54 bits per heavy atom. The molecular weight excluding hydrogens is 502 g/mol. The van der Waals surface area contributed by atoms with Gasteiger partial charge in [0, 0.05) is 10.6 Å². The maximum absolute atomic E-state index is 13.9. The number of fused-ring (bicyclic) bond motifs is 1. The van der Waals surface area contributed by atoms with Gasteiger partial charge in [0.05, 0.1) is 41.0 Å². The number of anilines is 1. The van der Waals surface area contributed by atoms with E-state index in [1.54, 1.807) is 30.7 Å². The number of nitrogens with one attached hydrogen (secondary N) is 1. The number of aromatic nitrogens is 5. The summed E-state index contributed by atoms with van der Waals surface area (Å²) < 4.78 is 36.3. The molecule has 1 N–H and O–H groups in total. The van der Waals surface area contributed by atoms with Gasteiger partial charge in [-0.25, -0.2) is 18.4 Å². The van der Waals surface area contributed by atoms with Crippen LogP contribution in [0.4, 0.5) is 14.5 Å². The van der Waals surface area contributed by atoms with Crippen molar-refractivity contribution >= 4 is 34.2 Å². The van der Waals surface area contributed by atoms with Crippen molar-refractivity contribution in [2.45, 2.75) is 40.3 Å². The number of amides is 1. The van der Waals surface area contributed by atoms with E-state index in [-0.39, 0.29) is 28.8 Å². The number of aryl methyl sites for hydroxylation is 2. The number of furan rings is 1. The molecule has 0 spiro atoms. The lowest BCUT2D eigenvalue weighted by atomic mass is 10.1. The van der Waals surface area contributed by atoms with E-state index >= 15 is 0 Å². The number of alkyl halides is 2. The molecular formula is C26H23ClF2N6O2. The van der Waals surface area contributed by atoms with Gasteiger partial charge in [0.2, 0.25) is 5.91 Å². The van der Waals surface area contributed by atoms with Gasteiger partial charge in [-0.05, 0) is 50.6 Å². The lowest BCUT2D eigenvalue weighted by molar-refractivity contribution is -0.116. The molecule has 11 heteroatoms. The maximum atomic E-state index is 13.9. The third kappa shape index (κ3) is 4.72. The normalized spacial score (nSPS) is 11.5. The first-order valence-electron chi connectivity index (χ1n) is 11.5. The lowest BCUT2D eigenvalue weighted by Crippen LogP contribution is -2.20. The maximum Gasteiger partial charge on any atom is 0.264 e. The Labute approximate surface area is 215 Å². The molecule has 4 heterocycles. The Bertz CT molecular complexity index is 1610. The van der Waals surface area contributed by atoms with Crippen LogP contribution in [0.3, 0.4) is 0 Å². The Balaban J connectivity index is 1.44. The second kappa shape index (κ2) is 9.78. The topological polar surface area (TPSA) is 90.8 Å². The van der Waals surface area contributed by atoms with Crippen molar-refractivity contribution in [3.63, 3.8) is 0 Å². The van der Waals surface area contributed by atoms with Crippen LogP contribution in [0.1, 0.15) is 34.6 Å². The van der Waals surface area contributed by atoms with Crippen LogP contribution >= 0.6 is 11.6 Å². The molecule has 5 aromatic rings. The number of benzene rings is 1. The smallest absolute Gasteiger partial charge is 0.264 e. The molecule has 0 aliphatic rings. The van der Waals surface area contributed by atoms with Crippen molar-refractivity contribution in [1.82, 2.24) is 24.5 Å². The number of carbonyl (C=O) groups is 1. The van der Waals surface area contributed by atoms with E-state index in [0.717, 1.165) is 11.3 Å². The molecule has 0 radical (unpaired) electrons. The quantitative estimate of drug-likeness (QED) is 0.278. The SMILES string of the molecule is Cc1nn(Cc2ccccc2Cl)c(C)c1NC(=O)Cn1nc(C)c2c(C(F)F)cc(-c3ccco3)nc21. The van der Waals surface area contributed by atoms with E-state index in [4.69, 9.17) is 16.0 Å². The Hall–Kier alpha value is -4.05. The standard InChI is InChI=1S/C26H23ClF2N6O2/c1-14-23-18(25(28)29)11-20(21-9-6-10-37-21)30-26(23)35(32-14)13-22(36)31-24-15(2)33-34(16(24)3)12-17-7-4-5-8-19(17)27/h4-11,25H,12-13H2,1-3H3,(H,31,36). The summed E-state index contributed by atoms with van der Waals surface area (Å²) in [6.45, 7) is 5.48. The predicted molar refractivity (Wildman–Crippen MR) is 136 cm³/mol. The van der Waals surface area contributed by atoms with Crippen LogP contribution in [0.15, 0.2) is 53.1 Å². The highest BCUT2D eigenvalue weighted by molar-refractivity contribution is 6.31. The second-order valence-electron chi connectivity index (χ2n) is 8.66. The minimum atomic E-state index is -2.75. The first-order chi connectivity index (χ1) is 17.7. The Kier molecular flexibility index (Phi) is 6.51. The third-order valence-electron chi connectivity index (χ3n) is 6.13. The van der Waals surface area contributed by atoms with Crippen LogP contribution < -0.4 is 5.32 Å². The molecule has 8 nitrogen and oxygen atoms in total. The zero-order chi connectivity index (χ0) is 26.3. The van der Waals surface area contributed by atoms with Crippen molar-refractivity contribution in [1.29, 1.82) is 0 Å². The molecule has 1 amide bonds. The van der Waals surface area contributed by atoms with Crippen LogP contribution in [0.25, 0.3) is 22.5 Å². The average Bonchev–Trinajstić information content (AvgIpc) is 3.56. The van der Waals surface area contributed by atoms with Crippen molar-refractivity contribution in [3.05, 3.63) is 82.0 Å². The molecule has 0 saturated heterocycles. The van der Waals surface area contributed by atoms with E-state index in [0.29, 0.717) is 34.4 Å². The largest absolute Gasteiger partial charge is 0.463 e. The van der Waals surface area contributed by atoms with Crippen LogP contribution in [0, 0.1) is 20.8 Å². The number of hydrogen-bond acceptors (Lipinski definition) is 5. The van der Waals surface area contributed by atoms with E-state index in [2.05, 4.69) is 20.5 Å². The average molecular weight is 525 g/mol. The minimum absolute atomic E-state index is 0.180. The molecule has 5 rings (SSSR count). The van der Waals surface area contributed by atoms with Crippen LogP contribution in [0.2, 0.25) is 5.02 Å². The molecule has 4 aromatic heterocycles. The molecule has 37 heavy (non-hydrogen) atoms. The Morgan fingerprint density at radius 2 is 1.84 bits per heavy atom. The number of nitrogens with zero attached hydrogens (tertiary/aromatic N) is 5. The first-order valence-corrected chi connectivity index (χ1v) is 11.9. The third-order valence-corrected chi connectivity index (χ3v) is 6.50. The summed E-state index contributed by atoms with van der Waals surface area (Å²) in [5, 5.41) is 12.6. The summed E-state index contributed by atoms with van der Waals surface area (Å²) in [6.07, 6.45) is -1.31. The number of rotatable bonds is 7. The first kappa shape index (κ1) is 24.6. The summed E-state index contributed by atoms with van der Waals surface area (Å²) in [4.78, 5) is 17.6. The zero-order valence-corrected chi connectivity index (χ0v) is 21.1. The monoisotopic (exact) mass is 524 g/mol. The zero-order valence-electron chi connectivity index (χ0n) is 20.3. The summed E-state index contributed by atoms with van der Waals surface area (Å²) in [5.74, 6) is -0.0486. The number of hydrogen-bond donors (Lipinski definition) is 1. The molecule has 0 unspecified atom stereocenters. The van der Waals surface area contributed by atoms with Gasteiger partial charge in [0.25, 0.3) is 6.43 Å². The van der Waals surface area contributed by atoms with E-state index in [1.165, 1.54) is 17.0 Å². The summed E-state index contributed by atoms with van der Waals surface area (Å²) in [5.41, 5.74) is 3.43. The van der Waals surface area contributed by atoms with Gasteiger partial charge >= 0.3 is 0 Å². The summed E-state index contributed by atoms with van der Waals surface area (Å²) in [6, 6.07) is 12.1. The molecule has 0 bridgehead atoms. The van der Waals surface area contributed by atoms with Crippen LogP contribution in [-0.2, 0) is 17.9 Å². The van der Waals surface area contributed by atoms with Crippen LogP contribution in [0.5, 0.6) is 0 Å². The second-order valence-corrected chi connectivity index (χ2v) is 9.07. The fraction of sp³-hybridized carbons (Fsp3) is 0.231. The van der Waals surface area contributed by atoms with Crippen molar-refractivity contribution < 1.29 is 18.0 Å².